The molecule has 9 heteroatoms. The smallest absolute Gasteiger partial charge is 0.310 e. The molecule has 5 rings (SSSR count). The molecule has 0 spiro atoms. The number of benzene rings is 3. The lowest BCUT2D eigenvalue weighted by Gasteiger charge is -2.25. The van der Waals surface area contributed by atoms with E-state index in [1.54, 1.807) is 60.7 Å². The third-order valence-electron chi connectivity index (χ3n) is 6.96. The predicted octanol–water partition coefficient (Wildman–Crippen LogP) is 5.49. The number of hydrogen-bond donors (Lipinski definition) is 3. The molecule has 0 aliphatic heterocycles. The molecule has 4 N–H and O–H groups in total. The first-order chi connectivity index (χ1) is 19.9. The van der Waals surface area contributed by atoms with Crippen molar-refractivity contribution in [2.24, 2.45) is 5.73 Å². The summed E-state index contributed by atoms with van der Waals surface area (Å²) in [6, 6.07) is 20.5. The van der Waals surface area contributed by atoms with Gasteiger partial charge in [-0.3, -0.25) is 19.4 Å². The predicted molar refractivity (Wildman–Crippen MR) is 154 cm³/mol. The number of nitrogens with one attached hydrogen (secondary N) is 2. The molecule has 2 amide bonds. The van der Waals surface area contributed by atoms with Crippen molar-refractivity contribution in [1.29, 1.82) is 0 Å². The Morgan fingerprint density at radius 2 is 1.68 bits per heavy atom. The molecule has 1 heterocycles. The maximum atomic E-state index is 14.0. The van der Waals surface area contributed by atoms with Crippen LogP contribution in [0.4, 0.5) is 15.8 Å². The summed E-state index contributed by atoms with van der Waals surface area (Å²) in [4.78, 5) is 41.7. The Morgan fingerprint density at radius 1 is 0.927 bits per heavy atom. The van der Waals surface area contributed by atoms with Gasteiger partial charge in [0, 0.05) is 29.6 Å². The Hall–Kier alpha value is -4.89. The van der Waals surface area contributed by atoms with Gasteiger partial charge in [-0.2, -0.15) is 0 Å². The van der Waals surface area contributed by atoms with Crippen LogP contribution >= 0.6 is 0 Å². The van der Waals surface area contributed by atoms with Crippen molar-refractivity contribution in [3.8, 4) is 11.1 Å². The largest absolute Gasteiger partial charge is 0.462 e. The fourth-order valence-electron chi connectivity index (χ4n) is 4.46. The number of anilines is 2. The summed E-state index contributed by atoms with van der Waals surface area (Å²) in [6.07, 6.45) is 5.61. The minimum atomic E-state index is -0.639. The van der Waals surface area contributed by atoms with Crippen molar-refractivity contribution in [3.63, 3.8) is 0 Å². The maximum absolute atomic E-state index is 14.0. The summed E-state index contributed by atoms with van der Waals surface area (Å²) in [7, 11) is 0. The summed E-state index contributed by atoms with van der Waals surface area (Å²) >= 11 is 0. The molecule has 1 aliphatic carbocycles. The average Bonchev–Trinajstić information content (AvgIpc) is 2.97. The Bertz CT molecular complexity index is 1590. The highest BCUT2D eigenvalue weighted by molar-refractivity contribution is 6.06. The summed E-state index contributed by atoms with van der Waals surface area (Å²) in [5, 5.41) is 5.43. The van der Waals surface area contributed by atoms with E-state index < -0.39 is 11.7 Å². The molecule has 0 atom stereocenters. The van der Waals surface area contributed by atoms with Crippen LogP contribution in [0.15, 0.2) is 85.2 Å². The van der Waals surface area contributed by atoms with E-state index in [1.807, 2.05) is 6.07 Å². The molecule has 208 valence electrons. The molecule has 3 aromatic carbocycles. The molecule has 0 bridgehead atoms. The zero-order valence-corrected chi connectivity index (χ0v) is 22.2. The molecule has 1 saturated carbocycles. The SMILES string of the molecule is NCc1ccc(C(=O)Nc2ccncc2F)cc1-c1cccc(C(=O)Nc2ccc(CC(=O)OC3CCC3)cc2)c1. The Kier molecular flexibility index (Phi) is 8.45. The lowest BCUT2D eigenvalue weighted by atomic mass is 9.95. The van der Waals surface area contributed by atoms with Crippen LogP contribution in [0.2, 0.25) is 0 Å². The molecule has 41 heavy (non-hydrogen) atoms. The van der Waals surface area contributed by atoms with Gasteiger partial charge < -0.3 is 21.1 Å². The summed E-state index contributed by atoms with van der Waals surface area (Å²) in [5.74, 6) is -1.69. The number of halogens is 1. The van der Waals surface area contributed by atoms with E-state index in [-0.39, 0.29) is 36.6 Å². The van der Waals surface area contributed by atoms with Crippen molar-refractivity contribution in [2.75, 3.05) is 10.6 Å². The maximum Gasteiger partial charge on any atom is 0.310 e. The van der Waals surface area contributed by atoms with Gasteiger partial charge in [-0.1, -0.05) is 30.3 Å². The average molecular weight is 553 g/mol. The van der Waals surface area contributed by atoms with E-state index in [1.165, 1.54) is 12.3 Å². The number of nitrogens with two attached hydrogens (primary N) is 1. The molecule has 1 aromatic heterocycles. The highest BCUT2D eigenvalue weighted by atomic mass is 19.1. The summed E-state index contributed by atoms with van der Waals surface area (Å²) in [6.45, 7) is 0.215. The minimum Gasteiger partial charge on any atom is -0.462 e. The number of pyridine rings is 1. The van der Waals surface area contributed by atoms with Gasteiger partial charge in [-0.05, 0) is 84.0 Å². The quantitative estimate of drug-likeness (QED) is 0.236. The number of esters is 1. The zero-order valence-electron chi connectivity index (χ0n) is 22.2. The number of hydrogen-bond acceptors (Lipinski definition) is 6. The van der Waals surface area contributed by atoms with Gasteiger partial charge >= 0.3 is 5.97 Å². The van der Waals surface area contributed by atoms with Gasteiger partial charge in [-0.25, -0.2) is 4.39 Å². The number of aromatic nitrogens is 1. The highest BCUT2D eigenvalue weighted by Gasteiger charge is 2.21. The zero-order chi connectivity index (χ0) is 28.8. The van der Waals surface area contributed by atoms with E-state index in [2.05, 4.69) is 15.6 Å². The molecular weight excluding hydrogens is 523 g/mol. The number of ether oxygens (including phenoxy) is 1. The van der Waals surface area contributed by atoms with E-state index in [4.69, 9.17) is 10.5 Å². The lowest BCUT2D eigenvalue weighted by molar-refractivity contribution is -0.152. The molecule has 0 saturated heterocycles. The van der Waals surface area contributed by atoms with Crippen LogP contribution in [0.3, 0.4) is 0 Å². The van der Waals surface area contributed by atoms with Crippen molar-refractivity contribution in [2.45, 2.75) is 38.3 Å². The molecule has 0 radical (unpaired) electrons. The van der Waals surface area contributed by atoms with Gasteiger partial charge in [0.25, 0.3) is 11.8 Å². The number of carbonyl (C=O) groups is 3. The molecule has 8 nitrogen and oxygen atoms in total. The van der Waals surface area contributed by atoms with Crippen molar-refractivity contribution in [1.82, 2.24) is 4.98 Å². The summed E-state index contributed by atoms with van der Waals surface area (Å²) < 4.78 is 19.4. The molecule has 1 aliphatic rings. The summed E-state index contributed by atoms with van der Waals surface area (Å²) in [5.41, 5.74) is 10.3. The Balaban J connectivity index is 1.29. The van der Waals surface area contributed by atoms with E-state index in [0.717, 1.165) is 36.6 Å². The number of nitrogens with zero attached hydrogens (tertiary/aromatic N) is 1. The topological polar surface area (TPSA) is 123 Å². The fraction of sp³-hybridized carbons (Fsp3) is 0.188. The molecule has 4 aromatic rings. The molecule has 1 fully saturated rings. The van der Waals surface area contributed by atoms with Crippen molar-refractivity contribution in [3.05, 3.63) is 113 Å². The van der Waals surface area contributed by atoms with Crippen LogP contribution < -0.4 is 16.4 Å². The van der Waals surface area contributed by atoms with Gasteiger partial charge in [0.05, 0.1) is 18.3 Å². The monoisotopic (exact) mass is 552 g/mol. The second kappa shape index (κ2) is 12.5. The Morgan fingerprint density at radius 3 is 2.39 bits per heavy atom. The van der Waals surface area contributed by atoms with Crippen LogP contribution in [0.1, 0.15) is 51.1 Å². The van der Waals surface area contributed by atoms with Crippen LogP contribution in [0.5, 0.6) is 0 Å². The second-order valence-corrected chi connectivity index (χ2v) is 9.84. The number of rotatable bonds is 9. The van der Waals surface area contributed by atoms with E-state index in [9.17, 15) is 18.8 Å². The fourth-order valence-corrected chi connectivity index (χ4v) is 4.46. The van der Waals surface area contributed by atoms with E-state index in [0.29, 0.717) is 27.9 Å². The third-order valence-corrected chi connectivity index (χ3v) is 6.96. The van der Waals surface area contributed by atoms with Crippen molar-refractivity contribution >= 4 is 29.2 Å². The third kappa shape index (κ3) is 6.82. The first-order valence-electron chi connectivity index (χ1n) is 13.3. The van der Waals surface area contributed by atoms with Gasteiger partial charge in [0.2, 0.25) is 0 Å². The van der Waals surface area contributed by atoms with Gasteiger partial charge in [-0.15, -0.1) is 0 Å². The van der Waals surface area contributed by atoms with Crippen LogP contribution in [0.25, 0.3) is 11.1 Å². The standard InChI is InChI=1S/C32H29FN4O4/c33-28-19-35-14-13-29(28)37-32(40)23-9-10-24(18-34)27(17-23)21-3-1-4-22(16-21)31(39)36-25-11-7-20(8-12-25)15-30(38)41-26-5-2-6-26/h1,3-4,7-14,16-17,19,26H,2,5-6,15,18,34H2,(H,36,39)(H,35,37,40). The number of carbonyl (C=O) groups excluding carboxylic acids is 3. The van der Waals surface area contributed by atoms with Crippen molar-refractivity contribution < 1.29 is 23.5 Å². The highest BCUT2D eigenvalue weighted by Crippen LogP contribution is 2.27. The van der Waals surface area contributed by atoms with Crippen LogP contribution in [-0.2, 0) is 22.5 Å². The van der Waals surface area contributed by atoms with E-state index >= 15 is 0 Å². The normalized spacial score (nSPS) is 12.7. The lowest BCUT2D eigenvalue weighted by Crippen LogP contribution is -2.25. The molecule has 0 unspecified atom stereocenters. The Labute approximate surface area is 236 Å². The first kappa shape index (κ1) is 27.7. The van der Waals surface area contributed by atoms with Crippen LogP contribution in [0, 0.1) is 5.82 Å². The van der Waals surface area contributed by atoms with Crippen LogP contribution in [-0.4, -0.2) is 28.9 Å². The van der Waals surface area contributed by atoms with Gasteiger partial charge in [0.1, 0.15) is 6.10 Å². The van der Waals surface area contributed by atoms with Gasteiger partial charge in [0.15, 0.2) is 5.82 Å². The number of amides is 2. The molecular formula is C32H29FN4O4. The second-order valence-electron chi connectivity index (χ2n) is 9.84. The first-order valence-corrected chi connectivity index (χ1v) is 13.3. The minimum absolute atomic E-state index is 0.0229.